The minimum absolute atomic E-state index is 0. The molecule has 0 saturated carbocycles. The van der Waals surface area contributed by atoms with Crippen LogP contribution in [-0.4, -0.2) is 333 Å². The second-order valence-electron chi connectivity index (χ2n) is 23.5. The van der Waals surface area contributed by atoms with Crippen LogP contribution in [0.15, 0.2) is 0 Å². The summed E-state index contributed by atoms with van der Waals surface area (Å²) in [5.41, 5.74) is 0. The van der Waals surface area contributed by atoms with E-state index >= 15 is 0 Å². The highest BCUT2D eigenvalue weighted by molar-refractivity contribution is 5.69. The van der Waals surface area contributed by atoms with Crippen molar-refractivity contribution in [3.05, 3.63) is 0 Å². The smallest absolute Gasteiger partial charge is 0.307 e. The van der Waals surface area contributed by atoms with Crippen LogP contribution in [0, 0.1) is 0 Å². The Hall–Kier alpha value is -0.930. The fourth-order valence-corrected chi connectivity index (χ4v) is 9.54. The van der Waals surface area contributed by atoms with E-state index in [1.807, 2.05) is 0 Å². The molecule has 0 amide bonds. The van der Waals surface area contributed by atoms with Crippen LogP contribution in [0.4, 0.5) is 0 Å². The molecule has 0 radical (unpaired) electrons. The van der Waals surface area contributed by atoms with Crippen LogP contribution in [0.1, 0.15) is 136 Å². The Morgan fingerprint density at radius 3 is 0.674 bits per heavy atom. The average Bonchev–Trinajstić information content (AvgIpc) is 0.919. The summed E-state index contributed by atoms with van der Waals surface area (Å²) in [5, 5.41) is 0. The zero-order chi connectivity index (χ0) is 67.2. The van der Waals surface area contributed by atoms with Crippen LogP contribution >= 0.6 is 0 Å². The summed E-state index contributed by atoms with van der Waals surface area (Å²) in [6.07, 6.45) is 25.0. The van der Waals surface area contributed by atoms with Crippen molar-refractivity contribution in [1.82, 2.24) is 4.90 Å². The topological polar surface area (TPSA) is 214 Å². The first kappa shape index (κ1) is 94.1. The van der Waals surface area contributed by atoms with E-state index in [0.717, 1.165) is 50.2 Å². The van der Waals surface area contributed by atoms with Gasteiger partial charge < -0.3 is 121 Å². The molecule has 0 aromatic heterocycles. The van der Waals surface area contributed by atoms with Crippen LogP contribution in [0.2, 0.25) is 0 Å². The molecule has 95 heavy (non-hydrogen) atoms. The molecule has 25 heteroatoms. The van der Waals surface area contributed by atoms with Crippen molar-refractivity contribution < 1.29 is 126 Å². The van der Waals surface area contributed by atoms with Gasteiger partial charge in [0.2, 0.25) is 0 Å². The van der Waals surface area contributed by atoms with Gasteiger partial charge in [0.15, 0.2) is 0 Å². The summed E-state index contributed by atoms with van der Waals surface area (Å²) in [5.74, 6) is -0.168. The summed E-state index contributed by atoms with van der Waals surface area (Å²) in [6.45, 7) is 31.4. The number of rotatable bonds is 83. The number of piperazine rings is 1. The van der Waals surface area contributed by atoms with Gasteiger partial charge in [-0.1, -0.05) is 117 Å². The second-order valence-corrected chi connectivity index (χ2v) is 23.5. The Morgan fingerprint density at radius 1 is 0.263 bits per heavy atom. The normalized spacial score (nSPS) is 13.3. The number of nitrogens with zero attached hydrogens (tertiary/aromatic N) is 2. The maximum Gasteiger partial charge on any atom is 0.307 e. The number of carbonyl (C=O) groups is 1. The first-order valence-corrected chi connectivity index (χ1v) is 36.9. The van der Waals surface area contributed by atoms with Gasteiger partial charge in [-0.05, 0) is 12.8 Å². The van der Waals surface area contributed by atoms with Gasteiger partial charge >= 0.3 is 5.97 Å². The van der Waals surface area contributed by atoms with E-state index in [1.54, 1.807) is 0 Å². The van der Waals surface area contributed by atoms with Crippen molar-refractivity contribution in [1.29, 1.82) is 0 Å². The van der Waals surface area contributed by atoms with Crippen LogP contribution < -0.4 is 17.0 Å². The SMILES string of the molecule is CCCCCCCCCCCCCCCCCCOCCOCCOCCOCCOCCOCCOCCOCCOCCOCCOCCOCCOCCOCCOCCOCCOCCOCCOCCOCCOC(=O)CCN1CC[N+](C)(CCCC)CC1.[Br-]. The van der Waals surface area contributed by atoms with E-state index in [0.29, 0.717) is 264 Å². The number of unbranched alkanes of at least 4 members (excludes halogenated alkanes) is 16. The second kappa shape index (κ2) is 82.0. The molecule has 0 aromatic rings. The molecule has 0 N–H and O–H groups in total. The molecule has 0 atom stereocenters. The highest BCUT2D eigenvalue weighted by Gasteiger charge is 2.28. The lowest BCUT2D eigenvalue weighted by atomic mass is 10.0. The van der Waals surface area contributed by atoms with Crippen molar-refractivity contribution in [2.45, 2.75) is 136 Å². The van der Waals surface area contributed by atoms with E-state index in [9.17, 15) is 4.79 Å². The summed E-state index contributed by atoms with van der Waals surface area (Å²) in [7, 11) is 2.35. The van der Waals surface area contributed by atoms with Gasteiger partial charge in [-0.3, -0.25) is 9.69 Å². The average molecular weight is 1440 g/mol. The van der Waals surface area contributed by atoms with Crippen molar-refractivity contribution in [2.24, 2.45) is 0 Å². The van der Waals surface area contributed by atoms with E-state index < -0.39 is 0 Å². The summed E-state index contributed by atoms with van der Waals surface area (Å²) in [4.78, 5) is 14.5. The van der Waals surface area contributed by atoms with Gasteiger partial charge in [0.05, 0.1) is 291 Å². The number of hydrogen-bond acceptors (Lipinski definition) is 23. The third kappa shape index (κ3) is 77.1. The lowest BCUT2D eigenvalue weighted by Crippen LogP contribution is -3.00. The van der Waals surface area contributed by atoms with Gasteiger partial charge in [-0.25, -0.2) is 0 Å². The molecule has 24 nitrogen and oxygen atoms in total. The minimum atomic E-state index is -0.168. The third-order valence-corrected chi connectivity index (χ3v) is 15.3. The maximum absolute atomic E-state index is 12.1. The lowest BCUT2D eigenvalue weighted by molar-refractivity contribution is -0.913. The van der Waals surface area contributed by atoms with Gasteiger partial charge in [0, 0.05) is 26.2 Å². The molecule has 0 aliphatic carbocycles. The number of halogens is 1. The molecular formula is C70H141BrN2O22. The fourth-order valence-electron chi connectivity index (χ4n) is 9.54. The molecule has 1 rings (SSSR count). The van der Waals surface area contributed by atoms with Crippen molar-refractivity contribution in [3.8, 4) is 0 Å². The Kier molecular flexibility index (Phi) is 81.2. The highest BCUT2D eigenvalue weighted by atomic mass is 79.9. The van der Waals surface area contributed by atoms with Crippen LogP contribution in [0.25, 0.3) is 0 Å². The molecule has 0 bridgehead atoms. The number of quaternary nitrogens is 1. The summed E-state index contributed by atoms with van der Waals surface area (Å²) < 4.78 is 118. The van der Waals surface area contributed by atoms with E-state index in [4.69, 9.17) is 99.5 Å². The highest BCUT2D eigenvalue weighted by Crippen LogP contribution is 2.15. The molecule has 1 aliphatic rings. The Bertz CT molecular complexity index is 1440. The zero-order valence-corrected chi connectivity index (χ0v) is 62.0. The third-order valence-electron chi connectivity index (χ3n) is 15.3. The molecule has 1 aliphatic heterocycles. The predicted octanol–water partition coefficient (Wildman–Crippen LogP) is 5.08. The standard InChI is InChI=1S/C70H141N2O22.BrH/c1-4-6-8-9-10-11-12-13-14-15-16-17-18-19-20-21-29-74-30-31-75-32-33-76-34-35-77-36-37-78-38-39-79-40-41-80-42-43-81-44-45-82-46-47-83-48-49-84-50-51-85-52-53-86-54-55-87-56-57-88-58-59-89-60-61-90-62-63-91-64-65-92-66-67-93-68-69-94-70(73)22-23-71-24-27-72(3,28-25-71)26-7-5-2;/h4-69H2,1-3H3;1H/q+1;/p-1. The summed E-state index contributed by atoms with van der Waals surface area (Å²) >= 11 is 0. The number of likely N-dealkylation sites (N-methyl/N-ethyl adjacent to an activating group) is 1. The largest absolute Gasteiger partial charge is 1.00 e. The molecule has 0 aromatic carbocycles. The summed E-state index contributed by atoms with van der Waals surface area (Å²) in [6, 6.07) is 0. The number of esters is 1. The van der Waals surface area contributed by atoms with Crippen molar-refractivity contribution in [3.63, 3.8) is 0 Å². The van der Waals surface area contributed by atoms with Gasteiger partial charge in [0.1, 0.15) is 6.61 Å². The number of ether oxygens (including phenoxy) is 21. The van der Waals surface area contributed by atoms with Gasteiger partial charge in [-0.15, -0.1) is 0 Å². The molecule has 0 spiro atoms. The van der Waals surface area contributed by atoms with Crippen LogP contribution in [0.3, 0.4) is 0 Å². The number of carbonyl (C=O) groups excluding carboxylic acids is 1. The van der Waals surface area contributed by atoms with Gasteiger partial charge in [-0.2, -0.15) is 0 Å². The predicted molar refractivity (Wildman–Crippen MR) is 364 cm³/mol. The maximum atomic E-state index is 12.1. The van der Waals surface area contributed by atoms with Gasteiger partial charge in [0.25, 0.3) is 0 Å². The molecule has 1 fully saturated rings. The quantitative estimate of drug-likeness (QED) is 0.0441. The molecule has 0 unspecified atom stereocenters. The Morgan fingerprint density at radius 2 is 0.453 bits per heavy atom. The number of hydrogen-bond donors (Lipinski definition) is 0. The molecule has 1 heterocycles. The molecular weight excluding hydrogens is 1300 g/mol. The van der Waals surface area contributed by atoms with Crippen LogP contribution in [-0.2, 0) is 104 Å². The Balaban J connectivity index is 0.0000884. The lowest BCUT2D eigenvalue weighted by Gasteiger charge is -2.42. The van der Waals surface area contributed by atoms with Crippen molar-refractivity contribution >= 4 is 5.97 Å². The fraction of sp³-hybridized carbons (Fsp3) is 0.986. The molecule has 570 valence electrons. The first-order chi connectivity index (χ1) is 46.6. The van der Waals surface area contributed by atoms with E-state index in [-0.39, 0.29) is 29.6 Å². The molecule has 1 saturated heterocycles. The van der Waals surface area contributed by atoms with E-state index in [2.05, 4.69) is 25.8 Å². The van der Waals surface area contributed by atoms with Crippen molar-refractivity contribution in [2.75, 3.05) is 317 Å². The monoisotopic (exact) mass is 1440 g/mol. The first-order valence-electron chi connectivity index (χ1n) is 36.9. The zero-order valence-electron chi connectivity index (χ0n) is 60.4. The van der Waals surface area contributed by atoms with E-state index in [1.165, 1.54) is 116 Å². The Labute approximate surface area is 587 Å². The van der Waals surface area contributed by atoms with Crippen LogP contribution in [0.5, 0.6) is 0 Å². The minimum Gasteiger partial charge on any atom is -1.00 e.